The molecule has 2 aromatic carbocycles. The van der Waals surface area contributed by atoms with Gasteiger partial charge in [0.2, 0.25) is 10.0 Å². The number of benzene rings is 2. The Balaban J connectivity index is 2.37. The van der Waals surface area contributed by atoms with E-state index >= 15 is 0 Å². The second-order valence-electron chi connectivity index (χ2n) is 7.32. The van der Waals surface area contributed by atoms with Gasteiger partial charge in [-0.2, -0.15) is 5.10 Å². The molecule has 0 saturated carbocycles. The molecule has 3 N–H and O–H groups in total. The van der Waals surface area contributed by atoms with Crippen LogP contribution in [0.5, 0.6) is 0 Å². The smallest absolute Gasteiger partial charge is 0.428 e. The summed E-state index contributed by atoms with van der Waals surface area (Å²) in [6, 6.07) is 12.1. The van der Waals surface area contributed by atoms with Crippen molar-refractivity contribution < 1.29 is 22.7 Å². The lowest BCUT2D eigenvalue weighted by atomic mass is 10.0. The minimum Gasteiger partial charge on any atom is -0.443 e. The highest BCUT2D eigenvalue weighted by Crippen LogP contribution is 2.18. The number of nitrogens with two attached hydrogens (primary N) is 1. The number of hydrogen-bond donors (Lipinski definition) is 2. The highest BCUT2D eigenvalue weighted by Gasteiger charge is 2.21. The molecule has 0 aliphatic heterocycles. The number of ether oxygens (including phenoxy) is 1. The van der Waals surface area contributed by atoms with Crippen molar-refractivity contribution >= 4 is 39.2 Å². The number of nitrogens with zero attached hydrogens (tertiary/aromatic N) is 1. The lowest BCUT2D eigenvalue weighted by Gasteiger charge is -2.18. The van der Waals surface area contributed by atoms with Gasteiger partial charge in [-0.3, -0.25) is 4.79 Å². The van der Waals surface area contributed by atoms with Crippen molar-refractivity contribution in [2.24, 2.45) is 10.2 Å². The van der Waals surface area contributed by atoms with Gasteiger partial charge in [-0.25, -0.2) is 23.8 Å². The zero-order chi connectivity index (χ0) is 22.5. The molecule has 2 aromatic rings. The van der Waals surface area contributed by atoms with Gasteiger partial charge in [0.1, 0.15) is 5.60 Å². The number of sulfonamides is 1. The zero-order valence-electron chi connectivity index (χ0n) is 16.7. The molecule has 0 spiro atoms. The summed E-state index contributed by atoms with van der Waals surface area (Å²) >= 11 is 5.91. The van der Waals surface area contributed by atoms with Crippen molar-refractivity contribution in [2.45, 2.75) is 37.7 Å². The number of Topliss-reactive ketones (excluding diaryl/α,β-unsaturated/α-hetero) is 1. The molecule has 8 nitrogen and oxygen atoms in total. The van der Waals surface area contributed by atoms with Gasteiger partial charge >= 0.3 is 6.09 Å². The highest BCUT2D eigenvalue weighted by molar-refractivity contribution is 7.89. The summed E-state index contributed by atoms with van der Waals surface area (Å²) in [5, 5.41) is 9.70. The predicted octanol–water partition coefficient (Wildman–Crippen LogP) is 3.49. The third kappa shape index (κ3) is 6.94. The number of nitrogens with one attached hydrogen (secondary N) is 1. The van der Waals surface area contributed by atoms with E-state index in [1.54, 1.807) is 45.0 Å². The topological polar surface area (TPSA) is 128 Å². The number of rotatable bonds is 6. The molecule has 0 aliphatic carbocycles. The molecule has 0 heterocycles. The van der Waals surface area contributed by atoms with Crippen molar-refractivity contribution in [1.29, 1.82) is 0 Å². The molecule has 0 atom stereocenters. The van der Waals surface area contributed by atoms with Gasteiger partial charge in [0, 0.05) is 10.6 Å². The minimum atomic E-state index is -4.10. The Morgan fingerprint density at radius 3 is 2.27 bits per heavy atom. The van der Waals surface area contributed by atoms with Gasteiger partial charge in [0.15, 0.2) is 5.78 Å². The number of amides is 1. The van der Waals surface area contributed by atoms with E-state index in [2.05, 4.69) is 10.5 Å². The summed E-state index contributed by atoms with van der Waals surface area (Å²) < 4.78 is 28.8. The van der Waals surface area contributed by atoms with Crippen molar-refractivity contribution in [3.8, 4) is 0 Å². The molecular formula is C20H22ClN3O5S. The molecule has 0 unspecified atom stereocenters. The minimum absolute atomic E-state index is 0.0704. The van der Waals surface area contributed by atoms with Crippen LogP contribution in [-0.2, 0) is 14.8 Å². The van der Waals surface area contributed by atoms with Gasteiger partial charge in [0.05, 0.1) is 17.0 Å². The van der Waals surface area contributed by atoms with E-state index in [1.807, 2.05) is 0 Å². The van der Waals surface area contributed by atoms with Gasteiger partial charge < -0.3 is 4.74 Å². The monoisotopic (exact) mass is 451 g/mol. The fourth-order valence-corrected chi connectivity index (χ4v) is 3.34. The van der Waals surface area contributed by atoms with E-state index < -0.39 is 27.5 Å². The lowest BCUT2D eigenvalue weighted by Crippen LogP contribution is -2.30. The van der Waals surface area contributed by atoms with E-state index in [0.717, 1.165) is 0 Å². The molecule has 0 aromatic heterocycles. The molecule has 0 aliphatic rings. The van der Waals surface area contributed by atoms with Gasteiger partial charge in [-0.1, -0.05) is 41.9 Å². The third-order valence-electron chi connectivity index (χ3n) is 3.68. The second kappa shape index (κ2) is 9.38. The largest absolute Gasteiger partial charge is 0.443 e. The van der Waals surface area contributed by atoms with Crippen LogP contribution in [0.25, 0.3) is 0 Å². The van der Waals surface area contributed by atoms with Crippen molar-refractivity contribution in [1.82, 2.24) is 5.43 Å². The number of carbonyl (C=O) groups excluding carboxylic acids is 2. The lowest BCUT2D eigenvalue weighted by molar-refractivity contribution is 0.0528. The van der Waals surface area contributed by atoms with E-state index in [0.29, 0.717) is 10.6 Å². The molecule has 0 fully saturated rings. The van der Waals surface area contributed by atoms with E-state index in [-0.39, 0.29) is 22.6 Å². The zero-order valence-corrected chi connectivity index (χ0v) is 18.3. The Morgan fingerprint density at radius 1 is 1.10 bits per heavy atom. The second-order valence-corrected chi connectivity index (χ2v) is 9.29. The molecule has 160 valence electrons. The van der Waals surface area contributed by atoms with Crippen LogP contribution in [0, 0.1) is 0 Å². The Labute approximate surface area is 180 Å². The third-order valence-corrected chi connectivity index (χ3v) is 4.90. The van der Waals surface area contributed by atoms with Gasteiger partial charge in [-0.15, -0.1) is 0 Å². The Morgan fingerprint density at radius 2 is 1.70 bits per heavy atom. The molecular weight excluding hydrogens is 430 g/mol. The van der Waals surface area contributed by atoms with Crippen LogP contribution < -0.4 is 10.6 Å². The van der Waals surface area contributed by atoms with Crippen LogP contribution in [0.4, 0.5) is 4.79 Å². The van der Waals surface area contributed by atoms with Crippen molar-refractivity contribution in [3.05, 3.63) is 64.7 Å². The van der Waals surface area contributed by atoms with Gasteiger partial charge in [0.25, 0.3) is 0 Å². The maximum atomic E-state index is 12.9. The van der Waals surface area contributed by atoms with Crippen LogP contribution in [0.2, 0.25) is 5.02 Å². The summed E-state index contributed by atoms with van der Waals surface area (Å²) in [5.74, 6) is -0.542. The summed E-state index contributed by atoms with van der Waals surface area (Å²) in [6.45, 7) is 5.10. The average Bonchev–Trinajstić information content (AvgIpc) is 2.63. The number of halogens is 1. The van der Waals surface area contributed by atoms with Crippen LogP contribution in [0.1, 0.15) is 43.1 Å². The summed E-state index contributed by atoms with van der Waals surface area (Å²) in [5.41, 5.74) is 2.15. The number of hydrazone groups is 1. The van der Waals surface area contributed by atoms with E-state index in [9.17, 15) is 18.0 Å². The van der Waals surface area contributed by atoms with Gasteiger partial charge in [-0.05, 0) is 44.5 Å². The average molecular weight is 452 g/mol. The first kappa shape index (κ1) is 23.5. The van der Waals surface area contributed by atoms with Crippen LogP contribution in [-0.4, -0.2) is 31.6 Å². The molecule has 0 radical (unpaired) electrons. The Bertz CT molecular complexity index is 1070. The molecule has 0 saturated heterocycles. The normalized spacial score (nSPS) is 12.4. The fourth-order valence-electron chi connectivity index (χ4n) is 2.45. The first-order valence-electron chi connectivity index (χ1n) is 8.83. The molecule has 1 amide bonds. The quantitative estimate of drug-likeness (QED) is 0.394. The van der Waals surface area contributed by atoms with Crippen molar-refractivity contribution in [2.75, 3.05) is 0 Å². The Kier molecular flexibility index (Phi) is 7.35. The maximum Gasteiger partial charge on any atom is 0.428 e. The fraction of sp³-hybridized carbons (Fsp3) is 0.250. The first-order chi connectivity index (χ1) is 13.9. The number of hydrogen-bond acceptors (Lipinski definition) is 6. The number of carbonyl (C=O) groups is 2. The molecule has 30 heavy (non-hydrogen) atoms. The summed E-state index contributed by atoms with van der Waals surface area (Å²) in [6.07, 6.45) is -1.10. The summed E-state index contributed by atoms with van der Waals surface area (Å²) in [4.78, 5) is 24.5. The van der Waals surface area contributed by atoms with Crippen LogP contribution >= 0.6 is 11.6 Å². The first-order valence-corrected chi connectivity index (χ1v) is 10.8. The number of ketones is 1. The summed E-state index contributed by atoms with van der Waals surface area (Å²) in [7, 11) is -4.10. The Hall–Kier alpha value is -2.75. The van der Waals surface area contributed by atoms with E-state index in [4.69, 9.17) is 21.5 Å². The van der Waals surface area contributed by atoms with E-state index in [1.165, 1.54) is 24.3 Å². The van der Waals surface area contributed by atoms with Crippen LogP contribution in [0.3, 0.4) is 0 Å². The SMILES string of the molecule is CC(C)(C)OC(=O)N/N=C(\CC(=O)c1ccccc1S(N)(=O)=O)c1ccc(Cl)cc1. The molecule has 2 rings (SSSR count). The van der Waals surface area contributed by atoms with Crippen molar-refractivity contribution in [3.63, 3.8) is 0 Å². The molecule has 0 bridgehead atoms. The highest BCUT2D eigenvalue weighted by atomic mass is 35.5. The number of primary sulfonamides is 1. The standard InChI is InChI=1S/C20H22ClN3O5S/c1-20(2,3)29-19(26)24-23-16(13-8-10-14(21)11-9-13)12-17(25)15-6-4-5-7-18(15)30(22,27)28/h4-11H,12H2,1-3H3,(H,24,26)(H2,22,27,28)/b23-16+. The maximum absolute atomic E-state index is 12.9. The van der Waals surface area contributed by atoms with Crippen LogP contribution in [0.15, 0.2) is 58.5 Å². The molecule has 10 heteroatoms. The predicted molar refractivity (Wildman–Crippen MR) is 114 cm³/mol.